The molecule has 5 rings (SSSR count). The molecule has 1 aromatic carbocycles. The summed E-state index contributed by atoms with van der Waals surface area (Å²) in [6.45, 7) is 0.762. The molecule has 0 saturated carbocycles. The van der Waals surface area contributed by atoms with Crippen molar-refractivity contribution in [2.45, 2.75) is 36.2 Å². The van der Waals surface area contributed by atoms with E-state index in [4.69, 9.17) is 0 Å². The fourth-order valence-corrected chi connectivity index (χ4v) is 5.73. The lowest BCUT2D eigenvalue weighted by atomic mass is 9.85. The number of nitrogens with one attached hydrogen (secondary N) is 1. The predicted octanol–water partition coefficient (Wildman–Crippen LogP) is 1.24. The summed E-state index contributed by atoms with van der Waals surface area (Å²) in [6, 6.07) is 12.1. The van der Waals surface area contributed by atoms with Crippen molar-refractivity contribution >= 4 is 15.9 Å². The highest BCUT2D eigenvalue weighted by molar-refractivity contribution is 7.89. The summed E-state index contributed by atoms with van der Waals surface area (Å²) < 4.78 is 29.0. The summed E-state index contributed by atoms with van der Waals surface area (Å²) in [7, 11) is -3.55. The number of carbonyl (C=O) groups excluding carboxylic acids is 1. The number of pyridine rings is 1. The second-order valence-electron chi connectivity index (χ2n) is 7.97. The van der Waals surface area contributed by atoms with Crippen LogP contribution in [0.4, 0.5) is 0 Å². The molecule has 1 saturated heterocycles. The molecular weight excluding hydrogens is 416 g/mol. The van der Waals surface area contributed by atoms with Gasteiger partial charge in [-0.25, -0.2) is 18.1 Å². The molecule has 160 valence electrons. The van der Waals surface area contributed by atoms with Gasteiger partial charge in [0.15, 0.2) is 5.82 Å². The monoisotopic (exact) mass is 438 g/mol. The van der Waals surface area contributed by atoms with E-state index in [0.29, 0.717) is 38.2 Å². The molecule has 4 heterocycles. The molecule has 1 amide bonds. The van der Waals surface area contributed by atoms with Crippen molar-refractivity contribution in [1.82, 2.24) is 29.4 Å². The lowest BCUT2D eigenvalue weighted by Gasteiger charge is -2.40. The molecule has 10 heteroatoms. The highest BCUT2D eigenvalue weighted by Crippen LogP contribution is 2.31. The Balaban J connectivity index is 1.38. The molecule has 1 spiro atoms. The smallest absolute Gasteiger partial charge is 0.243 e. The van der Waals surface area contributed by atoms with E-state index in [0.717, 1.165) is 11.4 Å². The molecule has 2 aliphatic rings. The van der Waals surface area contributed by atoms with Crippen LogP contribution in [0.25, 0.3) is 11.4 Å². The second kappa shape index (κ2) is 7.54. The van der Waals surface area contributed by atoms with Crippen molar-refractivity contribution in [1.29, 1.82) is 0 Å². The summed E-state index contributed by atoms with van der Waals surface area (Å²) in [5, 5.41) is 7.63. The van der Waals surface area contributed by atoms with Crippen LogP contribution >= 0.6 is 0 Å². The number of sulfonamides is 1. The maximum atomic E-state index is 13.0. The second-order valence-corrected chi connectivity index (χ2v) is 9.91. The van der Waals surface area contributed by atoms with E-state index >= 15 is 0 Å². The fourth-order valence-electron chi connectivity index (χ4n) is 4.27. The van der Waals surface area contributed by atoms with E-state index in [-0.39, 0.29) is 17.3 Å². The van der Waals surface area contributed by atoms with Gasteiger partial charge in [0.25, 0.3) is 0 Å². The molecule has 0 radical (unpaired) electrons. The first-order valence-electron chi connectivity index (χ1n) is 10.2. The SMILES string of the molecule is O=C1Cn2nc(-c3cccnc3)nc2CC2(CCN(S(=O)(=O)c3ccccc3)CC2)N1. The normalized spacial score (nSPS) is 18.9. The van der Waals surface area contributed by atoms with E-state index in [1.165, 1.54) is 4.31 Å². The molecule has 0 aliphatic carbocycles. The Morgan fingerprint density at radius 2 is 1.81 bits per heavy atom. The number of aromatic nitrogens is 4. The average Bonchev–Trinajstić information content (AvgIpc) is 3.11. The topological polar surface area (TPSA) is 110 Å². The van der Waals surface area contributed by atoms with Crippen LogP contribution in [0.5, 0.6) is 0 Å². The quantitative estimate of drug-likeness (QED) is 0.659. The minimum absolute atomic E-state index is 0.0936. The third kappa shape index (κ3) is 3.72. The van der Waals surface area contributed by atoms with Crippen molar-refractivity contribution in [2.75, 3.05) is 13.1 Å². The third-order valence-corrected chi connectivity index (χ3v) is 7.84. The van der Waals surface area contributed by atoms with E-state index < -0.39 is 15.6 Å². The van der Waals surface area contributed by atoms with Gasteiger partial charge in [-0.3, -0.25) is 9.78 Å². The van der Waals surface area contributed by atoms with Crippen molar-refractivity contribution in [3.8, 4) is 11.4 Å². The number of hydrogen-bond acceptors (Lipinski definition) is 6. The maximum Gasteiger partial charge on any atom is 0.243 e. The Kier molecular flexibility index (Phi) is 4.82. The number of fused-ring (bicyclic) bond motifs is 1. The van der Waals surface area contributed by atoms with E-state index in [1.807, 2.05) is 12.1 Å². The molecule has 3 aromatic rings. The zero-order valence-electron chi connectivity index (χ0n) is 16.8. The molecule has 2 aliphatic heterocycles. The Morgan fingerprint density at radius 3 is 2.52 bits per heavy atom. The Hall–Kier alpha value is -3.11. The van der Waals surface area contributed by atoms with Gasteiger partial charge in [-0.05, 0) is 37.1 Å². The molecule has 31 heavy (non-hydrogen) atoms. The molecule has 0 unspecified atom stereocenters. The van der Waals surface area contributed by atoms with Gasteiger partial charge in [0.1, 0.15) is 12.4 Å². The fraction of sp³-hybridized carbons (Fsp3) is 0.333. The zero-order valence-corrected chi connectivity index (χ0v) is 17.6. The maximum absolute atomic E-state index is 13.0. The van der Waals surface area contributed by atoms with Crippen LogP contribution in [0.3, 0.4) is 0 Å². The largest absolute Gasteiger partial charge is 0.349 e. The lowest BCUT2D eigenvalue weighted by Crippen LogP contribution is -2.56. The number of piperidine rings is 1. The van der Waals surface area contributed by atoms with Crippen LogP contribution in [0, 0.1) is 0 Å². The van der Waals surface area contributed by atoms with Gasteiger partial charge < -0.3 is 5.32 Å². The third-order valence-electron chi connectivity index (χ3n) is 5.92. The summed E-state index contributed by atoms with van der Waals surface area (Å²) in [5.41, 5.74) is 0.258. The number of carbonyl (C=O) groups is 1. The van der Waals surface area contributed by atoms with Crippen LogP contribution in [0.15, 0.2) is 59.8 Å². The van der Waals surface area contributed by atoms with E-state index in [1.54, 1.807) is 47.4 Å². The van der Waals surface area contributed by atoms with Crippen LogP contribution in [-0.2, 0) is 27.8 Å². The first-order chi connectivity index (χ1) is 15.0. The molecule has 2 aromatic heterocycles. The number of hydrogen-bond donors (Lipinski definition) is 1. The minimum atomic E-state index is -3.55. The summed E-state index contributed by atoms with van der Waals surface area (Å²) >= 11 is 0. The van der Waals surface area contributed by atoms with Crippen LogP contribution in [0.1, 0.15) is 18.7 Å². The highest BCUT2D eigenvalue weighted by atomic mass is 32.2. The Bertz CT molecular complexity index is 1200. The first kappa shape index (κ1) is 19.8. The molecule has 9 nitrogen and oxygen atoms in total. The van der Waals surface area contributed by atoms with Gasteiger partial charge in [-0.15, -0.1) is 0 Å². The van der Waals surface area contributed by atoms with Gasteiger partial charge in [-0.2, -0.15) is 9.40 Å². The number of benzene rings is 1. The van der Waals surface area contributed by atoms with Crippen molar-refractivity contribution in [3.05, 3.63) is 60.7 Å². The van der Waals surface area contributed by atoms with Crippen molar-refractivity contribution in [2.24, 2.45) is 0 Å². The molecular formula is C21H22N6O3S. The minimum Gasteiger partial charge on any atom is -0.349 e. The summed E-state index contributed by atoms with van der Waals surface area (Å²) in [4.78, 5) is 21.7. The lowest BCUT2D eigenvalue weighted by molar-refractivity contribution is -0.123. The van der Waals surface area contributed by atoms with Gasteiger partial charge in [0.05, 0.1) is 4.90 Å². The molecule has 0 bridgehead atoms. The molecule has 1 N–H and O–H groups in total. The van der Waals surface area contributed by atoms with Crippen molar-refractivity contribution in [3.63, 3.8) is 0 Å². The number of nitrogens with zero attached hydrogens (tertiary/aromatic N) is 5. The average molecular weight is 439 g/mol. The van der Waals surface area contributed by atoms with Gasteiger partial charge >= 0.3 is 0 Å². The van der Waals surface area contributed by atoms with Gasteiger partial charge in [0.2, 0.25) is 15.9 Å². The van der Waals surface area contributed by atoms with Gasteiger partial charge in [0, 0.05) is 43.0 Å². The van der Waals surface area contributed by atoms with Crippen molar-refractivity contribution < 1.29 is 13.2 Å². The Morgan fingerprint density at radius 1 is 1.03 bits per heavy atom. The van der Waals surface area contributed by atoms with Crippen LogP contribution in [0.2, 0.25) is 0 Å². The Labute approximate surface area is 180 Å². The van der Waals surface area contributed by atoms with Crippen LogP contribution in [-0.4, -0.2) is 57.0 Å². The zero-order chi connectivity index (χ0) is 21.5. The van der Waals surface area contributed by atoms with E-state index in [9.17, 15) is 13.2 Å². The highest BCUT2D eigenvalue weighted by Gasteiger charge is 2.42. The van der Waals surface area contributed by atoms with Crippen LogP contribution < -0.4 is 5.32 Å². The standard InChI is InChI=1S/C21H22N6O3S/c28-19-15-27-18(23-20(25-27)16-5-4-10-22-14-16)13-21(24-19)8-11-26(12-9-21)31(29,30)17-6-2-1-3-7-17/h1-7,10,14H,8-9,11-13,15H2,(H,24,28). The summed E-state index contributed by atoms with van der Waals surface area (Å²) in [6.07, 6.45) is 4.91. The molecule has 0 atom stereocenters. The summed E-state index contributed by atoms with van der Waals surface area (Å²) in [5.74, 6) is 1.12. The number of amides is 1. The molecule has 1 fully saturated rings. The van der Waals surface area contributed by atoms with Gasteiger partial charge in [-0.1, -0.05) is 18.2 Å². The predicted molar refractivity (Wildman–Crippen MR) is 112 cm³/mol. The first-order valence-corrected chi connectivity index (χ1v) is 11.6. The number of rotatable bonds is 3. The van der Waals surface area contributed by atoms with E-state index in [2.05, 4.69) is 20.4 Å².